The predicted octanol–water partition coefficient (Wildman–Crippen LogP) is 4.79. The molecule has 0 saturated heterocycles. The molecule has 0 aromatic carbocycles. The smallest absolute Gasteiger partial charge is 0.0576 e. The maximum Gasteiger partial charge on any atom is 0.0576 e. The van der Waals surface area contributed by atoms with E-state index in [0.717, 1.165) is 12.2 Å². The van der Waals surface area contributed by atoms with Crippen molar-refractivity contribution in [3.63, 3.8) is 0 Å². The van der Waals surface area contributed by atoms with Crippen LogP contribution in [0.1, 0.15) is 76.2 Å². The summed E-state index contributed by atoms with van der Waals surface area (Å²) in [6.45, 7) is 7.52. The lowest BCUT2D eigenvalue weighted by atomic mass is 10.0. The molecule has 1 heterocycles. The van der Waals surface area contributed by atoms with Crippen molar-refractivity contribution in [1.29, 1.82) is 0 Å². The van der Waals surface area contributed by atoms with Crippen molar-refractivity contribution in [3.8, 4) is 0 Å². The monoisotopic (exact) mass is 262 g/mol. The molecule has 0 bridgehead atoms. The Hall–Kier alpha value is -0.890. The second kappa shape index (κ2) is 9.96. The summed E-state index contributed by atoms with van der Waals surface area (Å²) in [6, 6.07) is 6.76. The number of rotatable bonds is 10. The summed E-state index contributed by atoms with van der Waals surface area (Å²) in [7, 11) is 0. The largest absolute Gasteiger partial charge is 0.309 e. The highest BCUT2D eigenvalue weighted by Gasteiger charge is 2.11. The van der Waals surface area contributed by atoms with Gasteiger partial charge in [0.1, 0.15) is 0 Å². The zero-order valence-corrected chi connectivity index (χ0v) is 12.9. The summed E-state index contributed by atoms with van der Waals surface area (Å²) in [5, 5.41) is 3.57. The van der Waals surface area contributed by atoms with Crippen molar-refractivity contribution in [2.75, 3.05) is 6.54 Å². The van der Waals surface area contributed by atoms with Crippen LogP contribution in [0.15, 0.2) is 18.2 Å². The maximum absolute atomic E-state index is 4.66. The van der Waals surface area contributed by atoms with E-state index in [2.05, 4.69) is 49.3 Å². The lowest BCUT2D eigenvalue weighted by Crippen LogP contribution is -2.22. The van der Waals surface area contributed by atoms with E-state index in [1.807, 2.05) is 0 Å². The van der Waals surface area contributed by atoms with Gasteiger partial charge in [0.05, 0.1) is 5.69 Å². The molecule has 2 heteroatoms. The lowest BCUT2D eigenvalue weighted by Gasteiger charge is -2.17. The third-order valence-corrected chi connectivity index (χ3v) is 3.56. The third kappa shape index (κ3) is 6.72. The van der Waals surface area contributed by atoms with Gasteiger partial charge in [0.25, 0.3) is 0 Å². The summed E-state index contributed by atoms with van der Waals surface area (Å²) in [5.41, 5.74) is 2.32. The fourth-order valence-electron chi connectivity index (χ4n) is 2.49. The minimum Gasteiger partial charge on any atom is -0.309 e. The first-order valence-electron chi connectivity index (χ1n) is 7.94. The van der Waals surface area contributed by atoms with Crippen molar-refractivity contribution in [3.05, 3.63) is 29.6 Å². The highest BCUT2D eigenvalue weighted by atomic mass is 14.9. The number of unbranched alkanes of at least 4 members (excludes halogenated alkanes) is 5. The Labute approximate surface area is 119 Å². The van der Waals surface area contributed by atoms with E-state index in [1.54, 1.807) is 0 Å². The quantitative estimate of drug-likeness (QED) is 0.613. The summed E-state index contributed by atoms with van der Waals surface area (Å²) < 4.78 is 0. The van der Waals surface area contributed by atoms with Crippen molar-refractivity contribution in [2.45, 2.75) is 71.8 Å². The van der Waals surface area contributed by atoms with Gasteiger partial charge in [0.2, 0.25) is 0 Å². The maximum atomic E-state index is 4.66. The van der Waals surface area contributed by atoms with Crippen LogP contribution in [0.4, 0.5) is 0 Å². The number of nitrogens with zero attached hydrogens (tertiary/aromatic N) is 1. The second-order valence-corrected chi connectivity index (χ2v) is 5.37. The van der Waals surface area contributed by atoms with Gasteiger partial charge in [0, 0.05) is 11.7 Å². The molecule has 108 valence electrons. The Bertz CT molecular complexity index is 336. The summed E-state index contributed by atoms with van der Waals surface area (Å²) in [4.78, 5) is 4.66. The predicted molar refractivity (Wildman–Crippen MR) is 83.4 cm³/mol. The first-order chi connectivity index (χ1) is 9.27. The Morgan fingerprint density at radius 2 is 1.79 bits per heavy atom. The Morgan fingerprint density at radius 3 is 2.47 bits per heavy atom. The van der Waals surface area contributed by atoms with Gasteiger partial charge < -0.3 is 5.32 Å². The molecule has 1 aromatic rings. The Morgan fingerprint density at radius 1 is 1.05 bits per heavy atom. The number of hydrogen-bond acceptors (Lipinski definition) is 2. The van der Waals surface area contributed by atoms with Crippen LogP contribution in [0, 0.1) is 6.92 Å². The number of aromatic nitrogens is 1. The van der Waals surface area contributed by atoms with E-state index < -0.39 is 0 Å². The molecule has 0 fully saturated rings. The highest BCUT2D eigenvalue weighted by molar-refractivity contribution is 5.13. The molecule has 1 unspecified atom stereocenters. The topological polar surface area (TPSA) is 24.9 Å². The summed E-state index contributed by atoms with van der Waals surface area (Å²) in [6.07, 6.45) is 9.35. The second-order valence-electron chi connectivity index (χ2n) is 5.37. The molecule has 1 rings (SSSR count). The van der Waals surface area contributed by atoms with Crippen LogP contribution in [0.25, 0.3) is 0 Å². The van der Waals surface area contributed by atoms with Crippen LogP contribution in [0.5, 0.6) is 0 Å². The number of nitrogens with one attached hydrogen (secondary N) is 1. The molecular formula is C17H30N2. The fraction of sp³-hybridized carbons (Fsp3) is 0.706. The summed E-state index contributed by atoms with van der Waals surface area (Å²) >= 11 is 0. The molecule has 0 aliphatic carbocycles. The van der Waals surface area contributed by atoms with Crippen LogP contribution in [0.2, 0.25) is 0 Å². The van der Waals surface area contributed by atoms with Crippen LogP contribution in [-0.2, 0) is 0 Å². The van der Waals surface area contributed by atoms with Crippen LogP contribution in [0.3, 0.4) is 0 Å². The van der Waals surface area contributed by atoms with Gasteiger partial charge in [-0.3, -0.25) is 4.98 Å². The van der Waals surface area contributed by atoms with E-state index >= 15 is 0 Å². The van der Waals surface area contributed by atoms with Gasteiger partial charge >= 0.3 is 0 Å². The van der Waals surface area contributed by atoms with Crippen molar-refractivity contribution >= 4 is 0 Å². The third-order valence-electron chi connectivity index (χ3n) is 3.56. The highest BCUT2D eigenvalue weighted by Crippen LogP contribution is 2.19. The van der Waals surface area contributed by atoms with E-state index in [4.69, 9.17) is 0 Å². The molecule has 0 saturated carbocycles. The van der Waals surface area contributed by atoms with Gasteiger partial charge in [0.15, 0.2) is 0 Å². The Balaban J connectivity index is 2.36. The molecule has 0 spiro atoms. The minimum absolute atomic E-state index is 0.427. The molecule has 19 heavy (non-hydrogen) atoms. The van der Waals surface area contributed by atoms with Gasteiger partial charge in [-0.05, 0) is 32.0 Å². The van der Waals surface area contributed by atoms with Crippen LogP contribution >= 0.6 is 0 Å². The first kappa shape index (κ1) is 16.2. The molecule has 1 atom stereocenters. The molecule has 0 radical (unpaired) electrons. The van der Waals surface area contributed by atoms with Gasteiger partial charge in [-0.25, -0.2) is 0 Å². The number of pyridine rings is 1. The standard InChI is InChI=1S/C17H30N2/c1-4-6-7-8-9-10-13-16(18-5-2)17-14-11-12-15(3)19-17/h11-12,14,16,18H,4-10,13H2,1-3H3. The average Bonchev–Trinajstić information content (AvgIpc) is 2.41. The molecule has 0 aliphatic heterocycles. The van der Waals surface area contributed by atoms with Crippen molar-refractivity contribution in [2.24, 2.45) is 0 Å². The number of aryl methyl sites for hydroxylation is 1. The Kier molecular flexibility index (Phi) is 8.48. The molecule has 0 amide bonds. The first-order valence-corrected chi connectivity index (χ1v) is 7.94. The van der Waals surface area contributed by atoms with Gasteiger partial charge in [-0.15, -0.1) is 0 Å². The zero-order chi connectivity index (χ0) is 13.9. The van der Waals surface area contributed by atoms with Gasteiger partial charge in [-0.2, -0.15) is 0 Å². The van der Waals surface area contributed by atoms with Crippen LogP contribution in [-0.4, -0.2) is 11.5 Å². The van der Waals surface area contributed by atoms with Crippen molar-refractivity contribution in [1.82, 2.24) is 10.3 Å². The normalized spacial score (nSPS) is 12.6. The van der Waals surface area contributed by atoms with E-state index in [-0.39, 0.29) is 0 Å². The molecule has 1 N–H and O–H groups in total. The number of hydrogen-bond donors (Lipinski definition) is 1. The molecular weight excluding hydrogens is 232 g/mol. The molecule has 0 aliphatic rings. The van der Waals surface area contributed by atoms with E-state index in [0.29, 0.717) is 6.04 Å². The van der Waals surface area contributed by atoms with Gasteiger partial charge in [-0.1, -0.05) is 58.4 Å². The summed E-state index contributed by atoms with van der Waals surface area (Å²) in [5.74, 6) is 0. The SMILES string of the molecule is CCCCCCCCC(NCC)c1cccc(C)n1. The zero-order valence-electron chi connectivity index (χ0n) is 12.9. The fourth-order valence-corrected chi connectivity index (χ4v) is 2.49. The average molecular weight is 262 g/mol. The van der Waals surface area contributed by atoms with Crippen LogP contribution < -0.4 is 5.32 Å². The van der Waals surface area contributed by atoms with Crippen molar-refractivity contribution < 1.29 is 0 Å². The minimum atomic E-state index is 0.427. The van der Waals surface area contributed by atoms with E-state index in [9.17, 15) is 0 Å². The molecule has 2 nitrogen and oxygen atoms in total. The molecule has 1 aromatic heterocycles. The van der Waals surface area contributed by atoms with E-state index in [1.165, 1.54) is 50.6 Å². The lowest BCUT2D eigenvalue weighted by molar-refractivity contribution is 0.468.